The van der Waals surface area contributed by atoms with E-state index in [1.54, 1.807) is 42.5 Å². The average Bonchev–Trinajstić information content (AvgIpc) is 2.80. The van der Waals surface area contributed by atoms with Crippen molar-refractivity contribution in [3.63, 3.8) is 0 Å². The predicted molar refractivity (Wildman–Crippen MR) is 124 cm³/mol. The number of nitrogens with zero attached hydrogens (tertiary/aromatic N) is 1. The molecule has 3 aromatic carbocycles. The van der Waals surface area contributed by atoms with E-state index < -0.39 is 10.0 Å². The molecule has 0 aromatic heterocycles. The molecule has 2 N–H and O–H groups in total. The van der Waals surface area contributed by atoms with E-state index in [2.05, 4.69) is 14.9 Å². The van der Waals surface area contributed by atoms with Crippen molar-refractivity contribution in [2.24, 2.45) is 0 Å². The molecule has 1 saturated heterocycles. The van der Waals surface area contributed by atoms with Crippen molar-refractivity contribution in [2.75, 3.05) is 28.0 Å². The number of rotatable bonds is 6. The molecular formula is C24H25N3O3S. The van der Waals surface area contributed by atoms with Crippen LogP contribution in [-0.2, 0) is 10.0 Å². The normalized spacial score (nSPS) is 14.1. The van der Waals surface area contributed by atoms with Crippen molar-refractivity contribution in [3.05, 3.63) is 84.4 Å². The third kappa shape index (κ3) is 5.06. The van der Waals surface area contributed by atoms with Crippen molar-refractivity contribution in [3.8, 4) is 0 Å². The number of carbonyl (C=O) groups excluding carboxylic acids is 1. The van der Waals surface area contributed by atoms with Gasteiger partial charge in [0, 0.05) is 24.3 Å². The van der Waals surface area contributed by atoms with Crippen LogP contribution in [0.3, 0.4) is 0 Å². The predicted octanol–water partition coefficient (Wildman–Crippen LogP) is 4.73. The molecule has 0 unspecified atom stereocenters. The average molecular weight is 436 g/mol. The Morgan fingerprint density at radius 3 is 2.29 bits per heavy atom. The van der Waals surface area contributed by atoms with Gasteiger partial charge in [-0.1, -0.05) is 36.4 Å². The van der Waals surface area contributed by atoms with Gasteiger partial charge in [0.05, 0.1) is 16.3 Å². The lowest BCUT2D eigenvalue weighted by atomic mass is 10.1. The molecule has 0 atom stereocenters. The van der Waals surface area contributed by atoms with Gasteiger partial charge in [0.25, 0.3) is 15.9 Å². The van der Waals surface area contributed by atoms with E-state index in [-0.39, 0.29) is 10.8 Å². The van der Waals surface area contributed by atoms with Gasteiger partial charge in [0.1, 0.15) is 0 Å². The zero-order chi connectivity index (χ0) is 21.7. The fraction of sp³-hybridized carbons (Fsp3) is 0.208. The highest BCUT2D eigenvalue weighted by molar-refractivity contribution is 7.92. The van der Waals surface area contributed by atoms with Crippen molar-refractivity contribution in [2.45, 2.75) is 24.2 Å². The van der Waals surface area contributed by atoms with Crippen LogP contribution in [0.25, 0.3) is 0 Å². The number of nitrogens with one attached hydrogen (secondary N) is 2. The maximum absolute atomic E-state index is 12.9. The summed E-state index contributed by atoms with van der Waals surface area (Å²) in [5.74, 6) is -0.287. The number of hydrogen-bond donors (Lipinski definition) is 2. The van der Waals surface area contributed by atoms with E-state index in [1.807, 2.05) is 24.3 Å². The molecule has 1 amide bonds. The Hall–Kier alpha value is -3.32. The zero-order valence-corrected chi connectivity index (χ0v) is 17.9. The van der Waals surface area contributed by atoms with Gasteiger partial charge in [-0.2, -0.15) is 0 Å². The van der Waals surface area contributed by atoms with Crippen molar-refractivity contribution >= 4 is 33.0 Å². The highest BCUT2D eigenvalue weighted by Gasteiger charge is 2.17. The lowest BCUT2D eigenvalue weighted by Gasteiger charge is -2.30. The van der Waals surface area contributed by atoms with Crippen LogP contribution < -0.4 is 14.9 Å². The van der Waals surface area contributed by atoms with Gasteiger partial charge in [-0.15, -0.1) is 0 Å². The first-order chi connectivity index (χ1) is 15.0. The molecule has 1 heterocycles. The molecule has 1 aliphatic heterocycles. The molecule has 31 heavy (non-hydrogen) atoms. The highest BCUT2D eigenvalue weighted by atomic mass is 32.2. The van der Waals surface area contributed by atoms with Gasteiger partial charge in [0.2, 0.25) is 0 Å². The first kappa shape index (κ1) is 20.9. The van der Waals surface area contributed by atoms with Crippen LogP contribution >= 0.6 is 0 Å². The quantitative estimate of drug-likeness (QED) is 0.587. The molecule has 0 bridgehead atoms. The number of hydrogen-bond acceptors (Lipinski definition) is 4. The SMILES string of the molecule is O=C(Nc1ccccc1N1CCCCC1)c1cccc(NS(=O)(=O)c2ccccc2)c1. The van der Waals surface area contributed by atoms with Crippen LogP contribution in [0.2, 0.25) is 0 Å². The molecule has 0 spiro atoms. The Labute approximate surface area is 183 Å². The summed E-state index contributed by atoms with van der Waals surface area (Å²) in [6.45, 7) is 1.95. The number of sulfonamides is 1. The minimum absolute atomic E-state index is 0.167. The molecule has 1 fully saturated rings. The molecule has 0 saturated carbocycles. The van der Waals surface area contributed by atoms with E-state index in [0.29, 0.717) is 11.3 Å². The van der Waals surface area contributed by atoms with Crippen LogP contribution in [0.5, 0.6) is 0 Å². The van der Waals surface area contributed by atoms with Gasteiger partial charge in [-0.05, 0) is 61.7 Å². The van der Waals surface area contributed by atoms with Gasteiger partial charge in [0.15, 0.2) is 0 Å². The first-order valence-corrected chi connectivity index (χ1v) is 11.8. The summed E-state index contributed by atoms with van der Waals surface area (Å²) in [6.07, 6.45) is 3.52. The Morgan fingerprint density at radius 2 is 1.52 bits per heavy atom. The molecule has 7 heteroatoms. The van der Waals surface area contributed by atoms with E-state index in [0.717, 1.165) is 37.3 Å². The number of amides is 1. The van der Waals surface area contributed by atoms with Crippen LogP contribution in [0.15, 0.2) is 83.8 Å². The van der Waals surface area contributed by atoms with E-state index in [1.165, 1.54) is 18.6 Å². The summed E-state index contributed by atoms with van der Waals surface area (Å²) >= 11 is 0. The monoisotopic (exact) mass is 435 g/mol. The van der Waals surface area contributed by atoms with Crippen LogP contribution in [0, 0.1) is 0 Å². The Kier molecular flexibility index (Phi) is 6.23. The van der Waals surface area contributed by atoms with Crippen LogP contribution in [-0.4, -0.2) is 27.4 Å². The molecule has 160 valence electrons. The van der Waals surface area contributed by atoms with Gasteiger partial charge in [-0.3, -0.25) is 9.52 Å². The third-order valence-corrected chi connectivity index (χ3v) is 6.68. The Bertz CT molecular complexity index is 1160. The number of benzene rings is 3. The highest BCUT2D eigenvalue weighted by Crippen LogP contribution is 2.29. The lowest BCUT2D eigenvalue weighted by Crippen LogP contribution is -2.30. The third-order valence-electron chi connectivity index (χ3n) is 5.28. The minimum atomic E-state index is -3.72. The Morgan fingerprint density at radius 1 is 0.806 bits per heavy atom. The Balaban J connectivity index is 1.52. The van der Waals surface area contributed by atoms with Crippen LogP contribution in [0.4, 0.5) is 17.1 Å². The van der Waals surface area contributed by atoms with Gasteiger partial charge < -0.3 is 10.2 Å². The number of para-hydroxylation sites is 2. The van der Waals surface area contributed by atoms with Crippen molar-refractivity contribution < 1.29 is 13.2 Å². The van der Waals surface area contributed by atoms with Crippen LogP contribution in [0.1, 0.15) is 29.6 Å². The smallest absolute Gasteiger partial charge is 0.261 e. The molecular weight excluding hydrogens is 410 g/mol. The van der Waals surface area contributed by atoms with E-state index in [9.17, 15) is 13.2 Å². The molecule has 4 rings (SSSR count). The summed E-state index contributed by atoms with van der Waals surface area (Å²) in [6, 6.07) is 22.4. The molecule has 6 nitrogen and oxygen atoms in total. The maximum Gasteiger partial charge on any atom is 0.261 e. The van der Waals surface area contributed by atoms with Gasteiger partial charge in [-0.25, -0.2) is 8.42 Å². The van der Waals surface area contributed by atoms with Crippen molar-refractivity contribution in [1.82, 2.24) is 0 Å². The standard InChI is InChI=1S/C24H25N3O3S/c28-24(25-22-14-5-6-15-23(22)27-16-7-2-8-17-27)19-10-9-11-20(18-19)26-31(29,30)21-12-3-1-4-13-21/h1,3-6,9-15,18,26H,2,7-8,16-17H2,(H,25,28). The fourth-order valence-electron chi connectivity index (χ4n) is 3.72. The van der Waals surface area contributed by atoms with E-state index in [4.69, 9.17) is 0 Å². The minimum Gasteiger partial charge on any atom is -0.370 e. The zero-order valence-electron chi connectivity index (χ0n) is 17.1. The second kappa shape index (κ2) is 9.22. The molecule has 3 aromatic rings. The number of anilines is 3. The fourth-order valence-corrected chi connectivity index (χ4v) is 4.79. The summed E-state index contributed by atoms with van der Waals surface area (Å²) in [5, 5.41) is 2.99. The largest absolute Gasteiger partial charge is 0.370 e. The summed E-state index contributed by atoms with van der Waals surface area (Å²) in [4.78, 5) is 15.4. The summed E-state index contributed by atoms with van der Waals surface area (Å²) in [5.41, 5.74) is 2.48. The van der Waals surface area contributed by atoms with Gasteiger partial charge >= 0.3 is 0 Å². The molecule has 1 aliphatic rings. The molecule has 0 radical (unpaired) electrons. The second-order valence-electron chi connectivity index (χ2n) is 7.52. The second-order valence-corrected chi connectivity index (χ2v) is 9.20. The first-order valence-electron chi connectivity index (χ1n) is 10.4. The summed E-state index contributed by atoms with van der Waals surface area (Å²) in [7, 11) is -3.72. The van der Waals surface area contributed by atoms with E-state index >= 15 is 0 Å². The maximum atomic E-state index is 12.9. The number of carbonyl (C=O) groups is 1. The van der Waals surface area contributed by atoms with Crippen molar-refractivity contribution in [1.29, 1.82) is 0 Å². The topological polar surface area (TPSA) is 78.5 Å². The molecule has 0 aliphatic carbocycles. The summed E-state index contributed by atoms with van der Waals surface area (Å²) < 4.78 is 27.7. The number of piperidine rings is 1. The lowest BCUT2D eigenvalue weighted by molar-refractivity contribution is 0.102.